The lowest BCUT2D eigenvalue weighted by atomic mass is 10.1. The molecule has 0 aromatic heterocycles. The van der Waals surface area contributed by atoms with E-state index in [0.29, 0.717) is 6.04 Å². The van der Waals surface area contributed by atoms with E-state index in [1.165, 1.54) is 0 Å². The van der Waals surface area contributed by atoms with Gasteiger partial charge in [0.2, 0.25) is 5.91 Å². The molecule has 0 radical (unpaired) electrons. The van der Waals surface area contributed by atoms with Crippen LogP contribution in [0.25, 0.3) is 0 Å². The van der Waals surface area contributed by atoms with E-state index in [2.05, 4.69) is 32.6 Å². The second-order valence-electron chi connectivity index (χ2n) is 6.16. The van der Waals surface area contributed by atoms with Gasteiger partial charge in [-0.2, -0.15) is 0 Å². The lowest BCUT2D eigenvalue weighted by molar-refractivity contribution is -0.134. The predicted molar refractivity (Wildman–Crippen MR) is 80.2 cm³/mol. The summed E-state index contributed by atoms with van der Waals surface area (Å²) in [7, 11) is 4.00. The predicted octanol–water partition coefficient (Wildman–Crippen LogP) is 1.43. The SMILES string of the molecule is CC(C)N1C[C@@H](C)N(C(=O)/C=C/CN(C)C)[C@@H](C)C1. The molecular formula is C15H29N3O. The highest BCUT2D eigenvalue weighted by Gasteiger charge is 2.32. The summed E-state index contributed by atoms with van der Waals surface area (Å²) < 4.78 is 0. The summed E-state index contributed by atoms with van der Waals surface area (Å²) in [5.74, 6) is 0.144. The molecule has 1 rings (SSSR count). The molecule has 0 aliphatic carbocycles. The maximum absolute atomic E-state index is 12.3. The number of carbonyl (C=O) groups is 1. The van der Waals surface area contributed by atoms with E-state index < -0.39 is 0 Å². The minimum absolute atomic E-state index is 0.144. The minimum Gasteiger partial charge on any atom is -0.331 e. The molecule has 1 fully saturated rings. The minimum atomic E-state index is 0.144. The fourth-order valence-electron chi connectivity index (χ4n) is 2.67. The largest absolute Gasteiger partial charge is 0.331 e. The third-order valence-corrected chi connectivity index (χ3v) is 3.66. The molecule has 4 nitrogen and oxygen atoms in total. The van der Waals surface area contributed by atoms with Crippen LogP contribution in [0, 0.1) is 0 Å². The van der Waals surface area contributed by atoms with Crippen molar-refractivity contribution in [1.82, 2.24) is 14.7 Å². The first kappa shape index (κ1) is 16.2. The van der Waals surface area contributed by atoms with Gasteiger partial charge in [-0.15, -0.1) is 0 Å². The lowest BCUT2D eigenvalue weighted by Gasteiger charge is -2.45. The van der Waals surface area contributed by atoms with Crippen molar-refractivity contribution in [2.45, 2.75) is 45.8 Å². The van der Waals surface area contributed by atoms with E-state index in [-0.39, 0.29) is 18.0 Å². The zero-order chi connectivity index (χ0) is 14.6. The van der Waals surface area contributed by atoms with Gasteiger partial charge >= 0.3 is 0 Å². The molecule has 4 heteroatoms. The molecule has 0 saturated carbocycles. The van der Waals surface area contributed by atoms with Crippen molar-refractivity contribution < 1.29 is 4.79 Å². The Hall–Kier alpha value is -0.870. The second-order valence-corrected chi connectivity index (χ2v) is 6.16. The second kappa shape index (κ2) is 7.06. The van der Waals surface area contributed by atoms with Crippen molar-refractivity contribution >= 4 is 5.91 Å². The normalized spacial score (nSPS) is 25.8. The van der Waals surface area contributed by atoms with Gasteiger partial charge in [-0.1, -0.05) is 6.08 Å². The first-order valence-electron chi connectivity index (χ1n) is 7.20. The van der Waals surface area contributed by atoms with Crippen molar-refractivity contribution in [3.05, 3.63) is 12.2 Å². The van der Waals surface area contributed by atoms with Crippen LogP contribution < -0.4 is 0 Å². The number of piperazine rings is 1. The Morgan fingerprint density at radius 3 is 2.21 bits per heavy atom. The Bertz CT molecular complexity index is 313. The Morgan fingerprint density at radius 2 is 1.79 bits per heavy atom. The molecule has 1 aliphatic rings. The molecule has 0 bridgehead atoms. The highest BCUT2D eigenvalue weighted by molar-refractivity contribution is 5.88. The third kappa shape index (κ3) is 4.62. The van der Waals surface area contributed by atoms with Crippen LogP contribution in [0.2, 0.25) is 0 Å². The van der Waals surface area contributed by atoms with Crippen molar-refractivity contribution in [2.24, 2.45) is 0 Å². The van der Waals surface area contributed by atoms with Crippen molar-refractivity contribution in [2.75, 3.05) is 33.7 Å². The summed E-state index contributed by atoms with van der Waals surface area (Å²) >= 11 is 0. The number of hydrogen-bond acceptors (Lipinski definition) is 3. The molecule has 0 aromatic rings. The van der Waals surface area contributed by atoms with Gasteiger partial charge in [-0.3, -0.25) is 9.69 Å². The van der Waals surface area contributed by atoms with Gasteiger partial charge in [0.05, 0.1) is 0 Å². The number of likely N-dealkylation sites (N-methyl/N-ethyl adjacent to an activating group) is 1. The van der Waals surface area contributed by atoms with Gasteiger partial charge in [0.1, 0.15) is 0 Å². The van der Waals surface area contributed by atoms with Crippen molar-refractivity contribution in [3.8, 4) is 0 Å². The van der Waals surface area contributed by atoms with Crippen molar-refractivity contribution in [3.63, 3.8) is 0 Å². The van der Waals surface area contributed by atoms with Crippen LogP contribution in [0.1, 0.15) is 27.7 Å². The first-order chi connectivity index (χ1) is 8.82. The van der Waals surface area contributed by atoms with E-state index in [4.69, 9.17) is 0 Å². The van der Waals surface area contributed by atoms with E-state index in [0.717, 1.165) is 19.6 Å². The quantitative estimate of drug-likeness (QED) is 0.721. The highest BCUT2D eigenvalue weighted by atomic mass is 16.2. The number of carbonyl (C=O) groups excluding carboxylic acids is 1. The summed E-state index contributed by atoms with van der Waals surface area (Å²) in [4.78, 5) is 18.8. The number of nitrogens with zero attached hydrogens (tertiary/aromatic N) is 3. The van der Waals surface area contributed by atoms with Gasteiger partial charge in [-0.25, -0.2) is 0 Å². The third-order valence-electron chi connectivity index (χ3n) is 3.66. The molecule has 0 N–H and O–H groups in total. The molecular weight excluding hydrogens is 238 g/mol. The fraction of sp³-hybridized carbons (Fsp3) is 0.800. The summed E-state index contributed by atoms with van der Waals surface area (Å²) in [6, 6.07) is 1.11. The first-order valence-corrected chi connectivity index (χ1v) is 7.20. The smallest absolute Gasteiger partial charge is 0.246 e. The van der Waals surface area contributed by atoms with Crippen LogP contribution in [0.4, 0.5) is 0 Å². The molecule has 0 unspecified atom stereocenters. The zero-order valence-electron chi connectivity index (χ0n) is 13.3. The molecule has 0 spiro atoms. The van der Waals surface area contributed by atoms with Crippen LogP contribution in [-0.4, -0.2) is 72.5 Å². The van der Waals surface area contributed by atoms with Gasteiger partial charge in [0.15, 0.2) is 0 Å². The Kier molecular flexibility index (Phi) is 6.01. The van der Waals surface area contributed by atoms with E-state index in [9.17, 15) is 4.79 Å². The fourth-order valence-corrected chi connectivity index (χ4v) is 2.67. The Morgan fingerprint density at radius 1 is 1.26 bits per heavy atom. The van der Waals surface area contributed by atoms with Crippen LogP contribution in [-0.2, 0) is 4.79 Å². The monoisotopic (exact) mass is 267 g/mol. The number of rotatable bonds is 4. The zero-order valence-corrected chi connectivity index (χ0v) is 13.3. The van der Waals surface area contributed by atoms with Gasteiger partial charge < -0.3 is 9.80 Å². The Labute approximate surface area is 118 Å². The van der Waals surface area contributed by atoms with Crippen molar-refractivity contribution in [1.29, 1.82) is 0 Å². The van der Waals surface area contributed by atoms with Crippen LogP contribution in [0.15, 0.2) is 12.2 Å². The molecule has 110 valence electrons. The molecule has 1 aliphatic heterocycles. The molecule has 1 heterocycles. The van der Waals surface area contributed by atoms with Crippen LogP contribution in [0.3, 0.4) is 0 Å². The molecule has 19 heavy (non-hydrogen) atoms. The van der Waals surface area contributed by atoms with Crippen LogP contribution >= 0.6 is 0 Å². The summed E-state index contributed by atoms with van der Waals surface area (Å²) in [6.07, 6.45) is 3.66. The van der Waals surface area contributed by atoms with E-state index >= 15 is 0 Å². The lowest BCUT2D eigenvalue weighted by Crippen LogP contribution is -2.59. The summed E-state index contributed by atoms with van der Waals surface area (Å²) in [6.45, 7) is 11.5. The Balaban J connectivity index is 2.63. The van der Waals surface area contributed by atoms with Gasteiger partial charge in [-0.05, 0) is 41.8 Å². The maximum atomic E-state index is 12.3. The summed E-state index contributed by atoms with van der Waals surface area (Å²) in [5.41, 5.74) is 0. The average molecular weight is 267 g/mol. The van der Waals surface area contributed by atoms with E-state index in [1.807, 2.05) is 30.0 Å². The van der Waals surface area contributed by atoms with Crippen LogP contribution in [0.5, 0.6) is 0 Å². The van der Waals surface area contributed by atoms with Gasteiger partial charge in [0, 0.05) is 43.8 Å². The van der Waals surface area contributed by atoms with Gasteiger partial charge in [0.25, 0.3) is 0 Å². The molecule has 0 aromatic carbocycles. The molecule has 1 amide bonds. The summed E-state index contributed by atoms with van der Waals surface area (Å²) in [5, 5.41) is 0. The molecule has 2 atom stereocenters. The highest BCUT2D eigenvalue weighted by Crippen LogP contribution is 2.18. The molecule has 1 saturated heterocycles. The standard InChI is InChI=1S/C15H29N3O/c1-12(2)17-10-13(3)18(14(4)11-17)15(19)8-7-9-16(5)6/h7-8,12-14H,9-11H2,1-6H3/b8-7+/t13-,14+. The number of amides is 1. The maximum Gasteiger partial charge on any atom is 0.246 e. The number of hydrogen-bond donors (Lipinski definition) is 0. The van der Waals surface area contributed by atoms with E-state index in [1.54, 1.807) is 6.08 Å². The average Bonchev–Trinajstić information content (AvgIpc) is 2.27. The topological polar surface area (TPSA) is 26.8 Å².